The predicted molar refractivity (Wildman–Crippen MR) is 81.6 cm³/mol. The van der Waals surface area contributed by atoms with Crippen LogP contribution < -0.4 is 0 Å². The summed E-state index contributed by atoms with van der Waals surface area (Å²) in [5.74, 6) is 0.0683. The highest BCUT2D eigenvalue weighted by Gasteiger charge is 2.24. The average molecular weight is 296 g/mol. The lowest BCUT2D eigenvalue weighted by atomic mass is 10.2. The number of halogens is 1. The van der Waals surface area contributed by atoms with Gasteiger partial charge in [0.25, 0.3) is 0 Å². The summed E-state index contributed by atoms with van der Waals surface area (Å²) in [5.41, 5.74) is 1.66. The highest BCUT2D eigenvalue weighted by Crippen LogP contribution is 2.24. The molecule has 0 unspecified atom stereocenters. The minimum atomic E-state index is 0.0683. The second kappa shape index (κ2) is 6.44. The number of carbonyl (C=O) groups excluding carboxylic acids is 1. The Morgan fingerprint density at radius 2 is 2.15 bits per heavy atom. The van der Waals surface area contributed by atoms with Crippen molar-refractivity contribution in [3.8, 4) is 0 Å². The van der Waals surface area contributed by atoms with E-state index in [0.717, 1.165) is 30.6 Å². The van der Waals surface area contributed by atoms with E-state index in [0.29, 0.717) is 11.2 Å². The Kier molecular flexibility index (Phi) is 4.86. The Balaban J connectivity index is 2.11. The zero-order valence-electron chi connectivity index (χ0n) is 12.4. The van der Waals surface area contributed by atoms with Crippen LogP contribution in [-0.4, -0.2) is 33.2 Å². The first kappa shape index (κ1) is 15.1. The van der Waals surface area contributed by atoms with Crippen molar-refractivity contribution in [2.24, 2.45) is 7.05 Å². The molecule has 1 aliphatic rings. The molecule has 1 saturated carbocycles. The number of aromatic nitrogens is 2. The maximum Gasteiger partial charge on any atom is 0.246 e. The van der Waals surface area contributed by atoms with Gasteiger partial charge < -0.3 is 4.90 Å². The number of rotatable bonds is 4. The van der Waals surface area contributed by atoms with Crippen molar-refractivity contribution in [1.82, 2.24) is 14.7 Å². The molecule has 1 fully saturated rings. The number of hydrogen-bond donors (Lipinski definition) is 0. The first-order valence-corrected chi connectivity index (χ1v) is 7.60. The van der Waals surface area contributed by atoms with Gasteiger partial charge in [0.1, 0.15) is 5.15 Å². The monoisotopic (exact) mass is 295 g/mol. The Hall–Kier alpha value is -1.29. The van der Waals surface area contributed by atoms with E-state index in [2.05, 4.69) is 5.10 Å². The van der Waals surface area contributed by atoms with Gasteiger partial charge in [-0.1, -0.05) is 24.4 Å². The molecule has 4 nitrogen and oxygen atoms in total. The SMILES string of the molecule is CCN(C(=O)/C=C/c1c(C)nn(C)c1Cl)C1CCCC1. The van der Waals surface area contributed by atoms with Crippen LogP contribution in [0.3, 0.4) is 0 Å². The molecule has 20 heavy (non-hydrogen) atoms. The molecule has 0 aromatic carbocycles. The fourth-order valence-corrected chi connectivity index (χ4v) is 3.13. The molecule has 5 heteroatoms. The molecule has 1 aliphatic carbocycles. The maximum atomic E-state index is 12.3. The molecule has 0 atom stereocenters. The van der Waals surface area contributed by atoms with Crippen molar-refractivity contribution in [2.75, 3.05) is 6.54 Å². The van der Waals surface area contributed by atoms with Gasteiger partial charge >= 0.3 is 0 Å². The molecule has 1 aromatic heterocycles. The fourth-order valence-electron chi connectivity index (χ4n) is 2.90. The number of amides is 1. The summed E-state index contributed by atoms with van der Waals surface area (Å²) in [6, 6.07) is 0.405. The van der Waals surface area contributed by atoms with Gasteiger partial charge in [0.05, 0.1) is 5.69 Å². The lowest BCUT2D eigenvalue weighted by Gasteiger charge is -2.26. The van der Waals surface area contributed by atoms with Gasteiger partial charge in [0.2, 0.25) is 5.91 Å². The Morgan fingerprint density at radius 1 is 1.50 bits per heavy atom. The molecule has 0 bridgehead atoms. The van der Waals surface area contributed by atoms with Gasteiger partial charge in [-0.05, 0) is 32.8 Å². The molecule has 2 rings (SSSR count). The van der Waals surface area contributed by atoms with Crippen LogP contribution in [0, 0.1) is 6.92 Å². The number of likely N-dealkylation sites (N-methyl/N-ethyl adjacent to an activating group) is 1. The number of hydrogen-bond acceptors (Lipinski definition) is 2. The van der Waals surface area contributed by atoms with Crippen LogP contribution in [0.25, 0.3) is 6.08 Å². The molecule has 1 heterocycles. The van der Waals surface area contributed by atoms with E-state index in [1.54, 1.807) is 23.9 Å². The Labute approximate surface area is 125 Å². The van der Waals surface area contributed by atoms with Crippen molar-refractivity contribution in [3.63, 3.8) is 0 Å². The van der Waals surface area contributed by atoms with Crippen LogP contribution in [0.2, 0.25) is 5.15 Å². The van der Waals surface area contributed by atoms with E-state index < -0.39 is 0 Å². The standard InChI is InChI=1S/C15H22ClN3O/c1-4-19(12-7-5-6-8-12)14(20)10-9-13-11(2)17-18(3)15(13)16/h9-10,12H,4-8H2,1-3H3/b10-9+. The fraction of sp³-hybridized carbons (Fsp3) is 0.600. The molecular formula is C15H22ClN3O. The predicted octanol–water partition coefficient (Wildman–Crippen LogP) is 3.19. The number of nitrogens with zero attached hydrogens (tertiary/aromatic N) is 3. The third-order valence-corrected chi connectivity index (χ3v) is 4.43. The third kappa shape index (κ3) is 3.06. The van der Waals surface area contributed by atoms with Crippen LogP contribution >= 0.6 is 11.6 Å². The quantitative estimate of drug-likeness (QED) is 0.800. The maximum absolute atomic E-state index is 12.3. The lowest BCUT2D eigenvalue weighted by Crippen LogP contribution is -2.37. The summed E-state index contributed by atoms with van der Waals surface area (Å²) in [4.78, 5) is 14.3. The van der Waals surface area contributed by atoms with Crippen molar-refractivity contribution in [3.05, 3.63) is 22.5 Å². The zero-order chi connectivity index (χ0) is 14.7. The summed E-state index contributed by atoms with van der Waals surface area (Å²) in [6.45, 7) is 4.69. The molecule has 0 radical (unpaired) electrons. The van der Waals surface area contributed by atoms with Crippen LogP contribution in [0.15, 0.2) is 6.08 Å². The third-order valence-electron chi connectivity index (χ3n) is 3.98. The smallest absolute Gasteiger partial charge is 0.246 e. The van der Waals surface area contributed by atoms with Crippen molar-refractivity contribution >= 4 is 23.6 Å². The first-order chi connectivity index (χ1) is 9.54. The topological polar surface area (TPSA) is 38.1 Å². The molecule has 110 valence electrons. The van der Waals surface area contributed by atoms with Gasteiger partial charge in [0.15, 0.2) is 0 Å². The molecule has 0 N–H and O–H groups in total. The van der Waals surface area contributed by atoms with Crippen LogP contribution in [0.1, 0.15) is 43.9 Å². The Morgan fingerprint density at radius 3 is 2.65 bits per heavy atom. The zero-order valence-corrected chi connectivity index (χ0v) is 13.2. The summed E-state index contributed by atoms with van der Waals surface area (Å²) >= 11 is 6.16. The van der Waals surface area contributed by atoms with Gasteiger partial charge in [-0.25, -0.2) is 0 Å². The van der Waals surface area contributed by atoms with Gasteiger partial charge in [0, 0.05) is 31.3 Å². The largest absolute Gasteiger partial charge is 0.336 e. The van der Waals surface area contributed by atoms with E-state index in [9.17, 15) is 4.79 Å². The summed E-state index contributed by atoms with van der Waals surface area (Å²) < 4.78 is 1.62. The van der Waals surface area contributed by atoms with Crippen molar-refractivity contribution < 1.29 is 4.79 Å². The highest BCUT2D eigenvalue weighted by atomic mass is 35.5. The van der Waals surface area contributed by atoms with E-state index in [1.807, 2.05) is 18.7 Å². The first-order valence-electron chi connectivity index (χ1n) is 7.22. The van der Waals surface area contributed by atoms with E-state index in [-0.39, 0.29) is 5.91 Å². The normalized spacial score (nSPS) is 16.2. The van der Waals surface area contributed by atoms with Crippen LogP contribution in [0.4, 0.5) is 0 Å². The lowest BCUT2D eigenvalue weighted by molar-refractivity contribution is -0.127. The van der Waals surface area contributed by atoms with E-state index >= 15 is 0 Å². The van der Waals surface area contributed by atoms with Crippen molar-refractivity contribution in [1.29, 1.82) is 0 Å². The Bertz CT molecular complexity index is 515. The minimum absolute atomic E-state index is 0.0683. The van der Waals surface area contributed by atoms with E-state index in [4.69, 9.17) is 11.6 Å². The average Bonchev–Trinajstić information content (AvgIpc) is 3.00. The van der Waals surface area contributed by atoms with Crippen molar-refractivity contribution in [2.45, 2.75) is 45.6 Å². The summed E-state index contributed by atoms with van der Waals surface area (Å²) in [5, 5.41) is 4.80. The molecule has 0 spiro atoms. The molecular weight excluding hydrogens is 274 g/mol. The number of aryl methyl sites for hydroxylation is 2. The second-order valence-corrected chi connectivity index (χ2v) is 5.67. The van der Waals surface area contributed by atoms with E-state index in [1.165, 1.54) is 12.8 Å². The molecule has 1 amide bonds. The number of carbonyl (C=O) groups is 1. The van der Waals surface area contributed by atoms with Crippen LogP contribution in [-0.2, 0) is 11.8 Å². The summed E-state index contributed by atoms with van der Waals surface area (Å²) in [6.07, 6.45) is 8.11. The molecule has 1 aromatic rings. The van der Waals surface area contributed by atoms with Gasteiger partial charge in [-0.2, -0.15) is 5.10 Å². The minimum Gasteiger partial charge on any atom is -0.336 e. The van der Waals surface area contributed by atoms with Gasteiger partial charge in [-0.3, -0.25) is 9.48 Å². The molecule has 0 aliphatic heterocycles. The van der Waals surface area contributed by atoms with Crippen LogP contribution in [0.5, 0.6) is 0 Å². The second-order valence-electron chi connectivity index (χ2n) is 5.31. The summed E-state index contributed by atoms with van der Waals surface area (Å²) in [7, 11) is 1.80. The van der Waals surface area contributed by atoms with Gasteiger partial charge in [-0.15, -0.1) is 0 Å². The molecule has 0 saturated heterocycles. The highest BCUT2D eigenvalue weighted by molar-refractivity contribution is 6.31.